The highest BCUT2D eigenvalue weighted by Gasteiger charge is 2.22. The van der Waals surface area contributed by atoms with Crippen molar-refractivity contribution in [3.8, 4) is 0 Å². The molecule has 1 heterocycles. The lowest BCUT2D eigenvalue weighted by molar-refractivity contribution is 0.389. The van der Waals surface area contributed by atoms with Crippen molar-refractivity contribution in [2.75, 3.05) is 6.54 Å². The van der Waals surface area contributed by atoms with Crippen LogP contribution in [0.1, 0.15) is 32.0 Å². The van der Waals surface area contributed by atoms with Crippen LogP contribution in [0.5, 0.6) is 0 Å². The van der Waals surface area contributed by atoms with Crippen LogP contribution in [-0.2, 0) is 13.6 Å². The first-order valence-corrected chi connectivity index (χ1v) is 5.81. The van der Waals surface area contributed by atoms with Crippen LogP contribution in [0.2, 0.25) is 0 Å². The minimum Gasteiger partial charge on any atom is -0.320 e. The smallest absolute Gasteiger partial charge is 0.146 e. The molecule has 1 aliphatic carbocycles. The quantitative estimate of drug-likeness (QED) is 0.812. The molecule has 2 atom stereocenters. The van der Waals surface area contributed by atoms with Crippen molar-refractivity contribution in [1.29, 1.82) is 0 Å². The Morgan fingerprint density at radius 3 is 3.00 bits per heavy atom. The van der Waals surface area contributed by atoms with Crippen molar-refractivity contribution in [3.05, 3.63) is 12.2 Å². The minimum absolute atomic E-state index is 0.833. The Morgan fingerprint density at radius 2 is 2.40 bits per heavy atom. The van der Waals surface area contributed by atoms with E-state index in [2.05, 4.69) is 22.4 Å². The first kappa shape index (κ1) is 10.6. The van der Waals surface area contributed by atoms with Gasteiger partial charge in [-0.15, -0.1) is 10.2 Å². The Balaban J connectivity index is 1.73. The van der Waals surface area contributed by atoms with E-state index >= 15 is 0 Å². The number of aryl methyl sites for hydroxylation is 1. The number of hydrogen-bond acceptors (Lipinski definition) is 3. The van der Waals surface area contributed by atoms with Crippen molar-refractivity contribution in [2.24, 2.45) is 18.9 Å². The summed E-state index contributed by atoms with van der Waals surface area (Å²) in [6, 6.07) is 0. The molecule has 0 amide bonds. The molecule has 0 aliphatic heterocycles. The van der Waals surface area contributed by atoms with Gasteiger partial charge in [0.1, 0.15) is 12.2 Å². The number of hydrogen-bond donors (Lipinski definition) is 1. The SMILES string of the molecule is CC1CCCC1CNCc1nncn1C. The second kappa shape index (κ2) is 4.75. The molecular formula is C11H20N4. The van der Waals surface area contributed by atoms with Crippen molar-refractivity contribution in [2.45, 2.75) is 32.7 Å². The van der Waals surface area contributed by atoms with E-state index in [0.29, 0.717) is 0 Å². The zero-order valence-corrected chi connectivity index (χ0v) is 9.61. The average Bonchev–Trinajstić information content (AvgIpc) is 2.78. The highest BCUT2D eigenvalue weighted by molar-refractivity contribution is 4.84. The summed E-state index contributed by atoms with van der Waals surface area (Å²) in [5, 5.41) is 11.4. The van der Waals surface area contributed by atoms with E-state index in [4.69, 9.17) is 0 Å². The van der Waals surface area contributed by atoms with Crippen LogP contribution in [0.3, 0.4) is 0 Å². The van der Waals surface area contributed by atoms with Crippen molar-refractivity contribution in [1.82, 2.24) is 20.1 Å². The molecule has 2 unspecified atom stereocenters. The molecule has 1 aromatic heterocycles. The van der Waals surface area contributed by atoms with E-state index in [1.165, 1.54) is 19.3 Å². The van der Waals surface area contributed by atoms with Gasteiger partial charge in [0.05, 0.1) is 6.54 Å². The fourth-order valence-corrected chi connectivity index (χ4v) is 2.36. The van der Waals surface area contributed by atoms with Crippen LogP contribution in [0.4, 0.5) is 0 Å². The normalized spacial score (nSPS) is 26.0. The average molecular weight is 208 g/mol. The summed E-state index contributed by atoms with van der Waals surface area (Å²) in [6.07, 6.45) is 5.93. The predicted molar refractivity (Wildman–Crippen MR) is 59.2 cm³/mol. The molecule has 84 valence electrons. The topological polar surface area (TPSA) is 42.7 Å². The van der Waals surface area contributed by atoms with Crippen molar-refractivity contribution >= 4 is 0 Å². The van der Waals surface area contributed by atoms with E-state index in [9.17, 15) is 0 Å². The fourth-order valence-electron chi connectivity index (χ4n) is 2.36. The molecule has 4 nitrogen and oxygen atoms in total. The third-order valence-electron chi connectivity index (χ3n) is 3.53. The third kappa shape index (κ3) is 2.56. The van der Waals surface area contributed by atoms with Crippen LogP contribution >= 0.6 is 0 Å². The molecule has 1 N–H and O–H groups in total. The minimum atomic E-state index is 0.833. The zero-order chi connectivity index (χ0) is 10.7. The third-order valence-corrected chi connectivity index (χ3v) is 3.53. The van der Waals surface area contributed by atoms with Gasteiger partial charge in [0.25, 0.3) is 0 Å². The maximum absolute atomic E-state index is 4.05. The summed E-state index contributed by atoms with van der Waals surface area (Å²) in [6.45, 7) is 4.31. The maximum atomic E-state index is 4.05. The van der Waals surface area contributed by atoms with E-state index in [0.717, 1.165) is 30.7 Å². The van der Waals surface area contributed by atoms with Gasteiger partial charge < -0.3 is 9.88 Å². The second-order valence-electron chi connectivity index (χ2n) is 4.66. The molecule has 4 heteroatoms. The highest BCUT2D eigenvalue weighted by atomic mass is 15.3. The fraction of sp³-hybridized carbons (Fsp3) is 0.818. The number of nitrogens with one attached hydrogen (secondary N) is 1. The summed E-state index contributed by atoms with van der Waals surface area (Å²) in [5.41, 5.74) is 0. The van der Waals surface area contributed by atoms with Gasteiger partial charge in [-0.1, -0.05) is 19.8 Å². The Morgan fingerprint density at radius 1 is 1.53 bits per heavy atom. The Bertz CT molecular complexity index is 307. The standard InChI is InChI=1S/C11H20N4/c1-9-4-3-5-10(9)6-12-7-11-14-13-8-15(11)2/h8-10,12H,3-7H2,1-2H3. The Hall–Kier alpha value is -0.900. The summed E-state index contributed by atoms with van der Waals surface area (Å²) < 4.78 is 1.96. The largest absolute Gasteiger partial charge is 0.320 e. The Labute approximate surface area is 91.1 Å². The van der Waals surface area contributed by atoms with Gasteiger partial charge >= 0.3 is 0 Å². The summed E-state index contributed by atoms with van der Waals surface area (Å²) >= 11 is 0. The number of aromatic nitrogens is 3. The molecule has 15 heavy (non-hydrogen) atoms. The molecule has 2 rings (SSSR count). The van der Waals surface area contributed by atoms with Crippen molar-refractivity contribution in [3.63, 3.8) is 0 Å². The first-order chi connectivity index (χ1) is 7.27. The van der Waals surface area contributed by atoms with E-state index in [-0.39, 0.29) is 0 Å². The molecule has 0 saturated heterocycles. The van der Waals surface area contributed by atoms with Gasteiger partial charge in [0, 0.05) is 7.05 Å². The lowest BCUT2D eigenvalue weighted by Gasteiger charge is -2.15. The van der Waals surface area contributed by atoms with Crippen LogP contribution < -0.4 is 5.32 Å². The second-order valence-corrected chi connectivity index (χ2v) is 4.66. The maximum Gasteiger partial charge on any atom is 0.146 e. The van der Waals surface area contributed by atoms with E-state index < -0.39 is 0 Å². The lowest BCUT2D eigenvalue weighted by atomic mass is 9.98. The first-order valence-electron chi connectivity index (χ1n) is 5.81. The predicted octanol–water partition coefficient (Wildman–Crippen LogP) is 1.34. The lowest BCUT2D eigenvalue weighted by Crippen LogP contribution is -2.25. The molecular weight excluding hydrogens is 188 g/mol. The van der Waals surface area contributed by atoms with Gasteiger partial charge in [-0.3, -0.25) is 0 Å². The van der Waals surface area contributed by atoms with Crippen LogP contribution in [-0.4, -0.2) is 21.3 Å². The molecule has 1 saturated carbocycles. The Kier molecular flexibility index (Phi) is 3.36. The van der Waals surface area contributed by atoms with E-state index in [1.54, 1.807) is 6.33 Å². The van der Waals surface area contributed by atoms with Crippen LogP contribution in [0, 0.1) is 11.8 Å². The molecule has 0 aromatic carbocycles. The van der Waals surface area contributed by atoms with Gasteiger partial charge in [0.15, 0.2) is 0 Å². The van der Waals surface area contributed by atoms with Gasteiger partial charge in [0.2, 0.25) is 0 Å². The highest BCUT2D eigenvalue weighted by Crippen LogP contribution is 2.30. The summed E-state index contributed by atoms with van der Waals surface area (Å²) in [4.78, 5) is 0. The van der Waals surface area contributed by atoms with Gasteiger partial charge in [-0.05, 0) is 24.8 Å². The molecule has 1 aliphatic rings. The monoisotopic (exact) mass is 208 g/mol. The number of rotatable bonds is 4. The van der Waals surface area contributed by atoms with Crippen LogP contribution in [0.25, 0.3) is 0 Å². The van der Waals surface area contributed by atoms with Crippen molar-refractivity contribution < 1.29 is 0 Å². The molecule has 0 spiro atoms. The molecule has 0 bridgehead atoms. The van der Waals surface area contributed by atoms with Gasteiger partial charge in [-0.2, -0.15) is 0 Å². The van der Waals surface area contributed by atoms with Crippen LogP contribution in [0.15, 0.2) is 6.33 Å². The summed E-state index contributed by atoms with van der Waals surface area (Å²) in [5.74, 6) is 2.76. The zero-order valence-electron chi connectivity index (χ0n) is 9.61. The van der Waals surface area contributed by atoms with E-state index in [1.807, 2.05) is 11.6 Å². The number of nitrogens with zero attached hydrogens (tertiary/aromatic N) is 3. The molecule has 1 aromatic rings. The van der Waals surface area contributed by atoms with Gasteiger partial charge in [-0.25, -0.2) is 0 Å². The summed E-state index contributed by atoms with van der Waals surface area (Å²) in [7, 11) is 1.98. The molecule has 1 fully saturated rings. The molecule has 0 radical (unpaired) electrons.